The van der Waals surface area contributed by atoms with E-state index in [0.717, 1.165) is 5.57 Å². The van der Waals surface area contributed by atoms with Crippen molar-refractivity contribution in [1.82, 2.24) is 9.80 Å². The van der Waals surface area contributed by atoms with Crippen molar-refractivity contribution in [3.8, 4) is 0 Å². The van der Waals surface area contributed by atoms with Gasteiger partial charge >= 0.3 is 6.09 Å². The van der Waals surface area contributed by atoms with E-state index in [1.54, 1.807) is 11.1 Å². The average molecular weight is 186 g/mol. The Labute approximate surface area is 76.9 Å². The molecule has 5 heteroatoms. The SMILES string of the molecule is CN(C)/C=C1\CN(C(=O)O)CC1O. The first-order chi connectivity index (χ1) is 6.00. The largest absolute Gasteiger partial charge is 0.465 e. The fraction of sp³-hybridized carbons (Fsp3) is 0.625. The van der Waals surface area contributed by atoms with Crippen molar-refractivity contribution in [1.29, 1.82) is 0 Å². The topological polar surface area (TPSA) is 64.0 Å². The van der Waals surface area contributed by atoms with Crippen molar-refractivity contribution < 1.29 is 15.0 Å². The minimum Gasteiger partial charge on any atom is -0.465 e. The first-order valence-corrected chi connectivity index (χ1v) is 4.03. The Hall–Kier alpha value is -1.23. The summed E-state index contributed by atoms with van der Waals surface area (Å²) in [6, 6.07) is 0. The van der Waals surface area contributed by atoms with Crippen molar-refractivity contribution in [3.05, 3.63) is 11.8 Å². The molecule has 0 spiro atoms. The van der Waals surface area contributed by atoms with Crippen LogP contribution in [0.4, 0.5) is 4.79 Å². The zero-order valence-corrected chi connectivity index (χ0v) is 7.77. The second kappa shape index (κ2) is 3.66. The number of nitrogens with zero attached hydrogens (tertiary/aromatic N) is 2. The number of aliphatic hydroxyl groups excluding tert-OH is 1. The predicted molar refractivity (Wildman–Crippen MR) is 47.4 cm³/mol. The molecule has 0 aliphatic carbocycles. The van der Waals surface area contributed by atoms with E-state index in [4.69, 9.17) is 5.11 Å². The van der Waals surface area contributed by atoms with Crippen molar-refractivity contribution >= 4 is 6.09 Å². The summed E-state index contributed by atoms with van der Waals surface area (Å²) >= 11 is 0. The van der Waals surface area contributed by atoms with Crippen molar-refractivity contribution in [3.63, 3.8) is 0 Å². The Morgan fingerprint density at radius 2 is 2.31 bits per heavy atom. The fourth-order valence-corrected chi connectivity index (χ4v) is 1.32. The van der Waals surface area contributed by atoms with Crippen LogP contribution in [0, 0.1) is 0 Å². The molecule has 1 aliphatic rings. The van der Waals surface area contributed by atoms with Gasteiger partial charge in [0.25, 0.3) is 0 Å². The van der Waals surface area contributed by atoms with E-state index in [-0.39, 0.29) is 6.54 Å². The van der Waals surface area contributed by atoms with E-state index in [1.807, 2.05) is 14.1 Å². The number of likely N-dealkylation sites (tertiary alicyclic amines) is 1. The van der Waals surface area contributed by atoms with Crippen LogP contribution < -0.4 is 0 Å². The van der Waals surface area contributed by atoms with Crippen LogP contribution in [0.15, 0.2) is 11.8 Å². The normalized spacial score (nSPS) is 25.3. The third-order valence-electron chi connectivity index (χ3n) is 1.89. The Kier molecular flexibility index (Phi) is 2.77. The number of amides is 1. The van der Waals surface area contributed by atoms with Gasteiger partial charge in [0.05, 0.1) is 12.6 Å². The van der Waals surface area contributed by atoms with Crippen LogP contribution in [-0.4, -0.2) is 59.4 Å². The Morgan fingerprint density at radius 1 is 1.69 bits per heavy atom. The molecule has 0 aromatic carbocycles. The minimum atomic E-state index is -0.985. The van der Waals surface area contributed by atoms with E-state index in [0.29, 0.717) is 6.54 Å². The number of hydrogen-bond acceptors (Lipinski definition) is 3. The summed E-state index contributed by atoms with van der Waals surface area (Å²) in [5, 5.41) is 18.1. The highest BCUT2D eigenvalue weighted by Gasteiger charge is 2.28. The van der Waals surface area contributed by atoms with Gasteiger partial charge in [-0.2, -0.15) is 0 Å². The van der Waals surface area contributed by atoms with Crippen molar-refractivity contribution in [2.24, 2.45) is 0 Å². The van der Waals surface area contributed by atoms with Gasteiger partial charge in [-0.3, -0.25) is 0 Å². The predicted octanol–water partition coefficient (Wildman–Crippen LogP) is -0.214. The van der Waals surface area contributed by atoms with Crippen LogP contribution in [0.2, 0.25) is 0 Å². The number of rotatable bonds is 1. The summed E-state index contributed by atoms with van der Waals surface area (Å²) in [6.45, 7) is 0.476. The molecule has 1 unspecified atom stereocenters. The maximum absolute atomic E-state index is 10.6. The van der Waals surface area contributed by atoms with Gasteiger partial charge in [0.1, 0.15) is 0 Å². The number of carbonyl (C=O) groups is 1. The molecular weight excluding hydrogens is 172 g/mol. The first-order valence-electron chi connectivity index (χ1n) is 4.03. The zero-order valence-electron chi connectivity index (χ0n) is 7.77. The van der Waals surface area contributed by atoms with Crippen LogP contribution in [0.25, 0.3) is 0 Å². The molecule has 74 valence electrons. The third kappa shape index (κ3) is 2.35. The van der Waals surface area contributed by atoms with Gasteiger partial charge in [-0.25, -0.2) is 4.79 Å². The van der Waals surface area contributed by atoms with Crippen LogP contribution in [0.1, 0.15) is 0 Å². The van der Waals surface area contributed by atoms with E-state index in [2.05, 4.69) is 0 Å². The number of hydrogen-bond donors (Lipinski definition) is 2. The first kappa shape index (κ1) is 9.85. The Morgan fingerprint density at radius 3 is 2.69 bits per heavy atom. The molecule has 1 atom stereocenters. The minimum absolute atomic E-state index is 0.176. The lowest BCUT2D eigenvalue weighted by Gasteiger charge is -2.09. The lowest BCUT2D eigenvalue weighted by molar-refractivity contribution is 0.142. The summed E-state index contributed by atoms with van der Waals surface area (Å²) in [6.07, 6.45) is 0.118. The van der Waals surface area contributed by atoms with Crippen LogP contribution >= 0.6 is 0 Å². The quantitative estimate of drug-likeness (QED) is 0.594. The van der Waals surface area contributed by atoms with E-state index in [9.17, 15) is 9.90 Å². The van der Waals surface area contributed by atoms with Crippen molar-refractivity contribution in [2.75, 3.05) is 27.2 Å². The number of aliphatic hydroxyl groups is 1. The lowest BCUT2D eigenvalue weighted by atomic mass is 10.2. The third-order valence-corrected chi connectivity index (χ3v) is 1.89. The number of carboxylic acid groups (broad SMARTS) is 1. The van der Waals surface area contributed by atoms with Gasteiger partial charge in [0.2, 0.25) is 0 Å². The van der Waals surface area contributed by atoms with Crippen LogP contribution in [-0.2, 0) is 0 Å². The van der Waals surface area contributed by atoms with Crippen molar-refractivity contribution in [2.45, 2.75) is 6.10 Å². The second-order valence-electron chi connectivity index (χ2n) is 3.35. The molecule has 2 N–H and O–H groups in total. The van der Waals surface area contributed by atoms with E-state index in [1.165, 1.54) is 4.90 Å². The molecule has 0 aromatic heterocycles. The maximum atomic E-state index is 10.6. The van der Waals surface area contributed by atoms with Gasteiger partial charge in [-0.15, -0.1) is 0 Å². The maximum Gasteiger partial charge on any atom is 0.407 e. The zero-order chi connectivity index (χ0) is 10.0. The molecule has 1 rings (SSSR count). The molecular formula is C8H14N2O3. The molecule has 1 fully saturated rings. The van der Waals surface area contributed by atoms with Crippen LogP contribution in [0.5, 0.6) is 0 Å². The molecule has 0 radical (unpaired) electrons. The monoisotopic (exact) mass is 186 g/mol. The molecule has 1 amide bonds. The Balaban J connectivity index is 2.66. The highest BCUT2D eigenvalue weighted by molar-refractivity contribution is 5.66. The molecule has 0 saturated carbocycles. The molecule has 13 heavy (non-hydrogen) atoms. The van der Waals surface area contributed by atoms with E-state index >= 15 is 0 Å². The van der Waals surface area contributed by atoms with E-state index < -0.39 is 12.2 Å². The van der Waals surface area contributed by atoms with Gasteiger partial charge in [0.15, 0.2) is 0 Å². The summed E-state index contributed by atoms with van der Waals surface area (Å²) < 4.78 is 0. The standard InChI is InChI=1S/C8H14N2O3/c1-9(2)3-6-4-10(8(12)13)5-7(6)11/h3,7,11H,4-5H2,1-2H3,(H,12,13)/b6-3+. The molecule has 0 bridgehead atoms. The molecule has 0 aromatic rings. The average Bonchev–Trinajstić information content (AvgIpc) is 2.31. The lowest BCUT2D eigenvalue weighted by Crippen LogP contribution is -2.27. The Bertz CT molecular complexity index is 238. The molecule has 1 saturated heterocycles. The summed E-state index contributed by atoms with van der Waals surface area (Å²) in [5.74, 6) is 0. The summed E-state index contributed by atoms with van der Waals surface area (Å²) in [5.41, 5.74) is 0.743. The van der Waals surface area contributed by atoms with Gasteiger partial charge in [0, 0.05) is 26.8 Å². The second-order valence-corrected chi connectivity index (χ2v) is 3.35. The molecule has 1 aliphatic heterocycles. The van der Waals surface area contributed by atoms with Gasteiger partial charge in [-0.05, 0) is 5.57 Å². The number of β-amino-alcohol motifs (C(OH)–C–C–N with tert-alkyl or cyclic N) is 1. The van der Waals surface area contributed by atoms with Gasteiger partial charge < -0.3 is 20.0 Å². The summed E-state index contributed by atoms with van der Waals surface area (Å²) in [4.78, 5) is 13.5. The molecule has 1 heterocycles. The highest BCUT2D eigenvalue weighted by Crippen LogP contribution is 2.15. The smallest absolute Gasteiger partial charge is 0.407 e. The van der Waals surface area contributed by atoms with Crippen LogP contribution in [0.3, 0.4) is 0 Å². The fourth-order valence-electron chi connectivity index (χ4n) is 1.32. The molecule has 5 nitrogen and oxygen atoms in total. The van der Waals surface area contributed by atoms with Gasteiger partial charge in [-0.1, -0.05) is 0 Å². The summed E-state index contributed by atoms with van der Waals surface area (Å²) in [7, 11) is 3.67. The highest BCUT2D eigenvalue weighted by atomic mass is 16.4.